The molecule has 1 aliphatic rings. The van der Waals surface area contributed by atoms with Crippen LogP contribution in [0.2, 0.25) is 5.02 Å². The number of aromatic nitrogens is 2. The van der Waals surface area contributed by atoms with Crippen molar-refractivity contribution < 1.29 is 28.0 Å². The number of hydrogen-bond donors (Lipinski definition) is 2. The van der Waals surface area contributed by atoms with Crippen LogP contribution in [0, 0.1) is 5.82 Å². The second kappa shape index (κ2) is 8.72. The molecule has 3 N–H and O–H groups in total. The molecule has 2 aromatic rings. The highest BCUT2D eigenvalue weighted by Gasteiger charge is 2.36. The van der Waals surface area contributed by atoms with Crippen molar-refractivity contribution >= 4 is 29.0 Å². The lowest BCUT2D eigenvalue weighted by Crippen LogP contribution is -2.39. The van der Waals surface area contributed by atoms with Gasteiger partial charge in [-0.15, -0.1) is 0 Å². The van der Waals surface area contributed by atoms with Gasteiger partial charge in [-0.25, -0.2) is 14.0 Å². The predicted molar refractivity (Wildman–Crippen MR) is 99.5 cm³/mol. The molecule has 3 rings (SSSR count). The Morgan fingerprint density at radius 2 is 2.28 bits per heavy atom. The number of aliphatic imine (C=N–C) groups is 1. The van der Waals surface area contributed by atoms with Gasteiger partial charge in [0.1, 0.15) is 12.4 Å². The Labute approximate surface area is 170 Å². The second-order valence-electron chi connectivity index (χ2n) is 6.47. The summed E-state index contributed by atoms with van der Waals surface area (Å²) in [6.45, 7) is 3.88. The lowest BCUT2D eigenvalue weighted by Gasteiger charge is -2.16. The molecule has 10 nitrogen and oxygen atoms in total. The summed E-state index contributed by atoms with van der Waals surface area (Å²) < 4.78 is 34.1. The van der Waals surface area contributed by atoms with Gasteiger partial charge in [0.2, 0.25) is 5.69 Å². The van der Waals surface area contributed by atoms with Crippen molar-refractivity contribution in [2.45, 2.75) is 25.7 Å². The van der Waals surface area contributed by atoms with E-state index in [2.05, 4.69) is 25.3 Å². The summed E-state index contributed by atoms with van der Waals surface area (Å²) in [7, 11) is 0. The average Bonchev–Trinajstić information content (AvgIpc) is 3.28. The summed E-state index contributed by atoms with van der Waals surface area (Å²) >= 11 is 5.72. The maximum Gasteiger partial charge on any atom is 0.287 e. The Morgan fingerprint density at radius 1 is 1.48 bits per heavy atom. The van der Waals surface area contributed by atoms with Crippen molar-refractivity contribution in [3.05, 3.63) is 34.7 Å². The summed E-state index contributed by atoms with van der Waals surface area (Å²) in [6.07, 6.45) is -0.681. The van der Waals surface area contributed by atoms with Gasteiger partial charge in [0, 0.05) is 0 Å². The molecule has 29 heavy (non-hydrogen) atoms. The quantitative estimate of drug-likeness (QED) is 0.386. The van der Waals surface area contributed by atoms with Crippen LogP contribution >= 0.6 is 11.6 Å². The van der Waals surface area contributed by atoms with Gasteiger partial charge >= 0.3 is 0 Å². The molecular formula is C17H19ClFN5O5. The van der Waals surface area contributed by atoms with Crippen LogP contribution in [0.15, 0.2) is 27.8 Å². The first kappa shape index (κ1) is 21.0. The zero-order valence-electron chi connectivity index (χ0n) is 15.6. The molecule has 12 heteroatoms. The van der Waals surface area contributed by atoms with E-state index in [1.165, 1.54) is 12.1 Å². The first-order chi connectivity index (χ1) is 13.7. The van der Waals surface area contributed by atoms with Crippen molar-refractivity contribution in [1.82, 2.24) is 15.6 Å². The standard InChI is InChI=1S/C17H19ClFN5O5/c1-17(2)27-8-12(28-17)15(25)21-5-6-26-16-13(23-29-24-16)14(20)22-9-3-4-11(19)10(18)7-9/h3-4,7,12H,5-6,8H2,1-2H3,(H2,20,22)(H,21,25). The number of nitrogens with one attached hydrogen (secondary N) is 1. The van der Waals surface area contributed by atoms with Crippen LogP contribution < -0.4 is 15.8 Å². The third kappa shape index (κ3) is 5.40. The molecule has 2 heterocycles. The topological polar surface area (TPSA) is 134 Å². The van der Waals surface area contributed by atoms with Crippen molar-refractivity contribution in [3.8, 4) is 5.88 Å². The summed E-state index contributed by atoms with van der Waals surface area (Å²) in [5, 5.41) is 9.83. The smallest absolute Gasteiger partial charge is 0.287 e. The number of carbonyl (C=O) groups is 1. The number of halogens is 2. The summed E-state index contributed by atoms with van der Waals surface area (Å²) in [6, 6.07) is 3.87. The average molecular weight is 428 g/mol. The van der Waals surface area contributed by atoms with Crippen molar-refractivity contribution in [2.75, 3.05) is 19.8 Å². The SMILES string of the molecule is CC1(C)OCC(C(=O)NCCOc2nonc2C(N)=Nc2ccc(F)c(Cl)c2)O1. The number of nitrogens with two attached hydrogens (primary N) is 1. The lowest BCUT2D eigenvalue weighted by atomic mass is 10.3. The molecule has 1 aliphatic heterocycles. The van der Waals surface area contributed by atoms with Crippen LogP contribution in [0.4, 0.5) is 10.1 Å². The van der Waals surface area contributed by atoms with Crippen LogP contribution in [0.1, 0.15) is 19.5 Å². The van der Waals surface area contributed by atoms with Gasteiger partial charge in [-0.3, -0.25) is 4.79 Å². The molecule has 156 valence electrons. The molecule has 0 bridgehead atoms. The number of carbonyl (C=O) groups excluding carboxylic acids is 1. The lowest BCUT2D eigenvalue weighted by molar-refractivity contribution is -0.153. The van der Waals surface area contributed by atoms with Gasteiger partial charge in [0.25, 0.3) is 11.8 Å². The molecule has 1 aromatic heterocycles. The molecule has 0 aliphatic carbocycles. The van der Waals surface area contributed by atoms with Crippen LogP contribution in [-0.2, 0) is 14.3 Å². The first-order valence-electron chi connectivity index (χ1n) is 8.59. The van der Waals surface area contributed by atoms with Crippen molar-refractivity contribution in [3.63, 3.8) is 0 Å². The van der Waals surface area contributed by atoms with Crippen LogP contribution in [-0.4, -0.2) is 53.7 Å². The third-order valence-corrected chi connectivity index (χ3v) is 4.08. The van der Waals surface area contributed by atoms with E-state index in [9.17, 15) is 9.18 Å². The number of ether oxygens (including phenoxy) is 3. The van der Waals surface area contributed by atoms with Crippen LogP contribution in [0.3, 0.4) is 0 Å². The predicted octanol–water partition coefficient (Wildman–Crippen LogP) is 1.55. The van der Waals surface area contributed by atoms with E-state index in [0.717, 1.165) is 6.07 Å². The second-order valence-corrected chi connectivity index (χ2v) is 6.88. The fraction of sp³-hybridized carbons (Fsp3) is 0.412. The number of hydrogen-bond acceptors (Lipinski definition) is 8. The van der Waals surface area contributed by atoms with E-state index in [1.54, 1.807) is 13.8 Å². The highest BCUT2D eigenvalue weighted by atomic mass is 35.5. The van der Waals surface area contributed by atoms with Gasteiger partial charge < -0.3 is 25.3 Å². The highest BCUT2D eigenvalue weighted by molar-refractivity contribution is 6.31. The minimum Gasteiger partial charge on any atom is -0.472 e. The monoisotopic (exact) mass is 427 g/mol. The first-order valence-corrected chi connectivity index (χ1v) is 8.97. The number of nitrogens with zero attached hydrogens (tertiary/aromatic N) is 3. The number of amidine groups is 1. The van der Waals surface area contributed by atoms with Crippen molar-refractivity contribution in [1.29, 1.82) is 0 Å². The minimum atomic E-state index is -0.786. The Kier molecular flexibility index (Phi) is 6.30. The molecule has 1 fully saturated rings. The van der Waals surface area contributed by atoms with E-state index in [4.69, 9.17) is 31.5 Å². The van der Waals surface area contributed by atoms with E-state index < -0.39 is 17.7 Å². The zero-order valence-corrected chi connectivity index (χ0v) is 16.4. The molecular weight excluding hydrogens is 409 g/mol. The Balaban J connectivity index is 1.53. The maximum absolute atomic E-state index is 13.2. The molecule has 1 atom stereocenters. The summed E-state index contributed by atoms with van der Waals surface area (Å²) in [5.74, 6) is -1.74. The molecule has 1 unspecified atom stereocenters. The van der Waals surface area contributed by atoms with Gasteiger partial charge in [0.05, 0.1) is 23.9 Å². The van der Waals surface area contributed by atoms with Crippen LogP contribution in [0.5, 0.6) is 5.88 Å². The van der Waals surface area contributed by atoms with E-state index in [-0.39, 0.29) is 48.1 Å². The number of rotatable bonds is 7. The van der Waals surface area contributed by atoms with Gasteiger partial charge in [-0.05, 0) is 42.4 Å². The molecule has 0 radical (unpaired) electrons. The van der Waals surface area contributed by atoms with E-state index >= 15 is 0 Å². The third-order valence-electron chi connectivity index (χ3n) is 3.79. The van der Waals surface area contributed by atoms with Crippen molar-refractivity contribution in [2.24, 2.45) is 10.7 Å². The number of benzene rings is 1. The van der Waals surface area contributed by atoms with Gasteiger partial charge in [-0.1, -0.05) is 11.6 Å². The minimum absolute atomic E-state index is 0.00436. The number of amides is 1. The summed E-state index contributed by atoms with van der Waals surface area (Å²) in [4.78, 5) is 16.1. The van der Waals surface area contributed by atoms with Gasteiger partial charge in [0.15, 0.2) is 17.7 Å². The Hall–Kier alpha value is -2.76. The maximum atomic E-state index is 13.2. The molecule has 1 saturated heterocycles. The van der Waals surface area contributed by atoms with E-state index in [0.29, 0.717) is 5.69 Å². The highest BCUT2D eigenvalue weighted by Crippen LogP contribution is 2.23. The fourth-order valence-electron chi connectivity index (χ4n) is 2.43. The van der Waals surface area contributed by atoms with Gasteiger partial charge in [-0.2, -0.15) is 0 Å². The van der Waals surface area contributed by atoms with Crippen LogP contribution in [0.25, 0.3) is 0 Å². The Bertz CT molecular complexity index is 919. The molecule has 1 amide bonds. The molecule has 0 saturated carbocycles. The summed E-state index contributed by atoms with van der Waals surface area (Å²) in [5.41, 5.74) is 6.27. The Morgan fingerprint density at radius 3 is 2.97 bits per heavy atom. The normalized spacial score (nSPS) is 18.6. The largest absolute Gasteiger partial charge is 0.472 e. The zero-order chi connectivity index (χ0) is 21.0. The molecule has 0 spiro atoms. The van der Waals surface area contributed by atoms with E-state index in [1.807, 2.05) is 0 Å². The fourth-order valence-corrected chi connectivity index (χ4v) is 2.61. The molecule has 1 aromatic carbocycles.